The molecule has 0 radical (unpaired) electrons. The number of rotatable bonds is 5. The molecule has 10 nitrogen and oxygen atoms in total. The lowest BCUT2D eigenvalue weighted by Gasteiger charge is -2.08. The molecule has 0 spiro atoms. The minimum atomic E-state index is -1.05. The molecule has 0 aliphatic carbocycles. The zero-order chi connectivity index (χ0) is 15.1. The predicted octanol–water partition coefficient (Wildman–Crippen LogP) is -0.744. The summed E-state index contributed by atoms with van der Waals surface area (Å²) < 4.78 is 9.59. The SMILES string of the molecule is O=C(CC(S)C(=O)Oc1ncncn1)Oc1ncncn1. The first-order valence-electron chi connectivity index (χ1n) is 5.49. The van der Waals surface area contributed by atoms with Gasteiger partial charge in [0.1, 0.15) is 30.6 Å². The van der Waals surface area contributed by atoms with E-state index in [0.29, 0.717) is 0 Å². The first kappa shape index (κ1) is 14.7. The van der Waals surface area contributed by atoms with Gasteiger partial charge in [0.25, 0.3) is 0 Å². The maximum atomic E-state index is 11.7. The Hall–Kier alpha value is -2.69. The maximum absolute atomic E-state index is 11.7. The quantitative estimate of drug-likeness (QED) is 0.556. The second-order valence-electron chi connectivity index (χ2n) is 3.46. The van der Waals surface area contributed by atoms with Gasteiger partial charge >= 0.3 is 24.0 Å². The van der Waals surface area contributed by atoms with E-state index in [1.165, 1.54) is 12.7 Å². The van der Waals surface area contributed by atoms with Crippen molar-refractivity contribution in [3.63, 3.8) is 0 Å². The number of carbonyl (C=O) groups excluding carboxylic acids is 2. The van der Waals surface area contributed by atoms with Crippen molar-refractivity contribution in [3.05, 3.63) is 25.3 Å². The second kappa shape index (κ2) is 7.19. The van der Waals surface area contributed by atoms with E-state index < -0.39 is 17.2 Å². The van der Waals surface area contributed by atoms with Crippen LogP contribution in [-0.2, 0) is 9.59 Å². The normalized spacial score (nSPS) is 11.5. The monoisotopic (exact) mass is 308 g/mol. The van der Waals surface area contributed by atoms with Crippen LogP contribution in [0.25, 0.3) is 0 Å². The summed E-state index contributed by atoms with van der Waals surface area (Å²) in [5.41, 5.74) is 0. The highest BCUT2D eigenvalue weighted by molar-refractivity contribution is 7.81. The van der Waals surface area contributed by atoms with Gasteiger partial charge in [-0.3, -0.25) is 9.59 Å². The molecule has 2 heterocycles. The molecule has 2 aromatic rings. The first-order valence-corrected chi connectivity index (χ1v) is 6.01. The number of esters is 2. The van der Waals surface area contributed by atoms with Gasteiger partial charge in [-0.2, -0.15) is 32.6 Å². The lowest BCUT2D eigenvalue weighted by Crippen LogP contribution is -2.26. The largest absolute Gasteiger partial charge is 0.391 e. The van der Waals surface area contributed by atoms with Crippen molar-refractivity contribution in [1.29, 1.82) is 0 Å². The Morgan fingerprint density at radius 2 is 1.43 bits per heavy atom. The van der Waals surface area contributed by atoms with Gasteiger partial charge in [-0.25, -0.2) is 9.97 Å². The van der Waals surface area contributed by atoms with Crippen molar-refractivity contribution < 1.29 is 19.1 Å². The maximum Gasteiger partial charge on any atom is 0.327 e. The molecule has 1 atom stereocenters. The van der Waals surface area contributed by atoms with Gasteiger partial charge in [0, 0.05) is 0 Å². The smallest absolute Gasteiger partial charge is 0.327 e. The molecular formula is C10H8N6O4S. The fraction of sp³-hybridized carbons (Fsp3) is 0.200. The van der Waals surface area contributed by atoms with Gasteiger partial charge in [-0.05, 0) is 0 Å². The van der Waals surface area contributed by atoms with Crippen LogP contribution in [0.2, 0.25) is 0 Å². The average molecular weight is 308 g/mol. The van der Waals surface area contributed by atoms with E-state index in [9.17, 15) is 9.59 Å². The van der Waals surface area contributed by atoms with E-state index in [-0.39, 0.29) is 18.4 Å². The molecule has 0 amide bonds. The number of nitrogens with zero attached hydrogens (tertiary/aromatic N) is 6. The van der Waals surface area contributed by atoms with E-state index in [4.69, 9.17) is 9.47 Å². The third-order valence-corrected chi connectivity index (χ3v) is 2.36. The summed E-state index contributed by atoms with van der Waals surface area (Å²) in [4.78, 5) is 44.8. The zero-order valence-electron chi connectivity index (χ0n) is 10.4. The highest BCUT2D eigenvalue weighted by atomic mass is 32.1. The minimum Gasteiger partial charge on any atom is -0.391 e. The minimum absolute atomic E-state index is 0.165. The van der Waals surface area contributed by atoms with Gasteiger partial charge in [0.05, 0.1) is 6.42 Å². The molecule has 0 saturated heterocycles. The van der Waals surface area contributed by atoms with Crippen LogP contribution in [0.1, 0.15) is 6.42 Å². The Kier molecular flexibility index (Phi) is 5.04. The molecule has 0 N–H and O–H groups in total. The van der Waals surface area contributed by atoms with Gasteiger partial charge in [0.15, 0.2) is 0 Å². The molecule has 0 fully saturated rings. The molecule has 1 unspecified atom stereocenters. The number of ether oxygens (including phenoxy) is 2. The van der Waals surface area contributed by atoms with Crippen LogP contribution in [0.15, 0.2) is 25.3 Å². The standard InChI is InChI=1S/C10H8N6O4S/c17-7(19-9-13-2-11-3-14-9)1-6(21)8(18)20-10-15-4-12-5-16-10/h2-6,21H,1H2. The van der Waals surface area contributed by atoms with Gasteiger partial charge in [-0.15, -0.1) is 0 Å². The lowest BCUT2D eigenvalue weighted by atomic mass is 10.3. The van der Waals surface area contributed by atoms with Crippen LogP contribution in [0.4, 0.5) is 0 Å². The van der Waals surface area contributed by atoms with E-state index in [1.807, 2.05) is 0 Å². The molecule has 0 saturated carbocycles. The third kappa shape index (κ3) is 4.72. The first-order chi connectivity index (χ1) is 10.1. The molecule has 0 aliphatic rings. The van der Waals surface area contributed by atoms with Crippen LogP contribution in [0.3, 0.4) is 0 Å². The highest BCUT2D eigenvalue weighted by Crippen LogP contribution is 2.09. The van der Waals surface area contributed by atoms with Crippen LogP contribution in [-0.4, -0.2) is 47.1 Å². The Labute approximate surface area is 123 Å². The van der Waals surface area contributed by atoms with Gasteiger partial charge < -0.3 is 9.47 Å². The second-order valence-corrected chi connectivity index (χ2v) is 4.08. The summed E-state index contributed by atoms with van der Waals surface area (Å²) in [6.07, 6.45) is 4.33. The molecule has 2 aromatic heterocycles. The number of aromatic nitrogens is 6. The number of hydrogen-bond donors (Lipinski definition) is 1. The molecule has 2 rings (SSSR count). The van der Waals surface area contributed by atoms with Crippen molar-refractivity contribution in [1.82, 2.24) is 29.9 Å². The lowest BCUT2D eigenvalue weighted by molar-refractivity contribution is -0.140. The van der Waals surface area contributed by atoms with E-state index in [2.05, 4.69) is 42.5 Å². The number of carbonyl (C=O) groups is 2. The summed E-state index contributed by atoms with van der Waals surface area (Å²) in [6, 6.07) is -0.346. The number of thiol groups is 1. The van der Waals surface area contributed by atoms with Crippen molar-refractivity contribution in [2.75, 3.05) is 0 Å². The van der Waals surface area contributed by atoms with E-state index >= 15 is 0 Å². The molecule has 108 valence electrons. The Bertz CT molecular complexity index is 613. The molecule has 21 heavy (non-hydrogen) atoms. The summed E-state index contributed by atoms with van der Waals surface area (Å²) in [5.74, 6) is -1.54. The molecule has 0 bridgehead atoms. The van der Waals surface area contributed by atoms with Crippen LogP contribution >= 0.6 is 12.6 Å². The van der Waals surface area contributed by atoms with Crippen molar-refractivity contribution >= 4 is 24.6 Å². The molecule has 0 aromatic carbocycles. The summed E-state index contributed by atoms with van der Waals surface area (Å²) in [7, 11) is 0. The van der Waals surface area contributed by atoms with E-state index in [1.54, 1.807) is 0 Å². The fourth-order valence-electron chi connectivity index (χ4n) is 1.11. The Morgan fingerprint density at radius 1 is 0.952 bits per heavy atom. The van der Waals surface area contributed by atoms with E-state index in [0.717, 1.165) is 12.7 Å². The summed E-state index contributed by atoms with van der Waals surface area (Å²) in [6.45, 7) is 0. The Balaban J connectivity index is 1.84. The summed E-state index contributed by atoms with van der Waals surface area (Å²) in [5, 5.41) is -1.05. The molecule has 11 heteroatoms. The molecular weight excluding hydrogens is 300 g/mol. The topological polar surface area (TPSA) is 130 Å². The molecule has 0 aliphatic heterocycles. The average Bonchev–Trinajstić information content (AvgIpc) is 2.49. The highest BCUT2D eigenvalue weighted by Gasteiger charge is 2.22. The van der Waals surface area contributed by atoms with Crippen molar-refractivity contribution in [2.45, 2.75) is 11.7 Å². The van der Waals surface area contributed by atoms with Crippen LogP contribution < -0.4 is 9.47 Å². The third-order valence-electron chi connectivity index (χ3n) is 1.97. The Morgan fingerprint density at radius 3 is 1.95 bits per heavy atom. The van der Waals surface area contributed by atoms with Gasteiger partial charge in [-0.1, -0.05) is 0 Å². The zero-order valence-corrected chi connectivity index (χ0v) is 11.3. The predicted molar refractivity (Wildman–Crippen MR) is 68.3 cm³/mol. The number of hydrogen-bond acceptors (Lipinski definition) is 11. The summed E-state index contributed by atoms with van der Waals surface area (Å²) >= 11 is 3.96. The fourth-order valence-corrected chi connectivity index (χ4v) is 1.31. The van der Waals surface area contributed by atoms with Crippen molar-refractivity contribution in [3.8, 4) is 12.0 Å². The van der Waals surface area contributed by atoms with Gasteiger partial charge in [0.2, 0.25) is 0 Å². The van der Waals surface area contributed by atoms with Crippen LogP contribution in [0, 0.1) is 0 Å². The van der Waals surface area contributed by atoms with Crippen molar-refractivity contribution in [2.24, 2.45) is 0 Å². The van der Waals surface area contributed by atoms with Crippen LogP contribution in [0.5, 0.6) is 12.0 Å².